The minimum Gasteiger partial charge on any atom is -0.456 e. The van der Waals surface area contributed by atoms with E-state index in [-0.39, 0.29) is 6.54 Å². The van der Waals surface area contributed by atoms with Gasteiger partial charge in [0.05, 0.1) is 29.5 Å². The number of rotatable bonds is 3. The van der Waals surface area contributed by atoms with Crippen LogP contribution in [0.5, 0.6) is 11.5 Å². The van der Waals surface area contributed by atoms with Crippen molar-refractivity contribution >= 4 is 15.7 Å². The highest BCUT2D eigenvalue weighted by atomic mass is 32.2. The molecule has 4 rings (SSSR count). The van der Waals surface area contributed by atoms with Crippen molar-refractivity contribution in [2.75, 3.05) is 4.31 Å². The van der Waals surface area contributed by atoms with Gasteiger partial charge < -0.3 is 4.74 Å². The van der Waals surface area contributed by atoms with Crippen LogP contribution in [0.25, 0.3) is 0 Å². The number of fused-ring (bicyclic) bond motifs is 1. The Bertz CT molecular complexity index is 976. The van der Waals surface area contributed by atoms with Gasteiger partial charge >= 0.3 is 0 Å². The number of anilines is 1. The smallest absolute Gasteiger partial charge is 0.265 e. The molecule has 2 aromatic heterocycles. The van der Waals surface area contributed by atoms with Gasteiger partial charge in [0.15, 0.2) is 0 Å². The summed E-state index contributed by atoms with van der Waals surface area (Å²) in [6, 6.07) is 12.0. The number of ether oxygens (including phenoxy) is 1. The largest absolute Gasteiger partial charge is 0.456 e. The number of hydrogen-bond acceptors (Lipinski definition) is 5. The maximum atomic E-state index is 12.7. The van der Waals surface area contributed by atoms with E-state index in [1.54, 1.807) is 61.1 Å². The fourth-order valence-electron chi connectivity index (χ4n) is 2.63. The monoisotopic (exact) mass is 339 g/mol. The molecule has 0 radical (unpaired) electrons. The lowest BCUT2D eigenvalue weighted by Crippen LogP contribution is -2.23. The van der Waals surface area contributed by atoms with Crippen LogP contribution >= 0.6 is 0 Å². The summed E-state index contributed by atoms with van der Waals surface area (Å²) < 4.78 is 32.5. The van der Waals surface area contributed by atoms with Crippen molar-refractivity contribution in [3.63, 3.8) is 0 Å². The van der Waals surface area contributed by atoms with Crippen molar-refractivity contribution in [1.29, 1.82) is 0 Å². The normalized spacial score (nSPS) is 15.1. The molecule has 1 aliphatic heterocycles. The first-order valence-electron chi connectivity index (χ1n) is 7.28. The number of nitrogens with zero attached hydrogens (tertiary/aromatic N) is 3. The number of sulfonamides is 1. The van der Waals surface area contributed by atoms with E-state index in [1.165, 1.54) is 10.5 Å². The van der Waals surface area contributed by atoms with Crippen molar-refractivity contribution in [3.05, 3.63) is 72.8 Å². The molecule has 0 unspecified atom stereocenters. The highest BCUT2D eigenvalue weighted by molar-refractivity contribution is 7.93. The van der Waals surface area contributed by atoms with E-state index in [0.717, 1.165) is 0 Å². The van der Waals surface area contributed by atoms with Crippen LogP contribution in [-0.4, -0.2) is 18.4 Å². The van der Waals surface area contributed by atoms with Gasteiger partial charge in [-0.2, -0.15) is 0 Å². The Morgan fingerprint density at radius 2 is 1.75 bits per heavy atom. The third-order valence-electron chi connectivity index (χ3n) is 3.72. The van der Waals surface area contributed by atoms with Crippen LogP contribution < -0.4 is 9.04 Å². The quantitative estimate of drug-likeness (QED) is 0.733. The van der Waals surface area contributed by atoms with Gasteiger partial charge in [0.1, 0.15) is 11.5 Å². The third kappa shape index (κ3) is 2.48. The number of pyridine rings is 2. The number of benzene rings is 1. The van der Waals surface area contributed by atoms with Crippen LogP contribution in [0, 0.1) is 0 Å². The molecule has 3 aromatic rings. The summed E-state index contributed by atoms with van der Waals surface area (Å²) >= 11 is 0. The van der Waals surface area contributed by atoms with Gasteiger partial charge in [0.2, 0.25) is 0 Å². The van der Waals surface area contributed by atoms with Crippen molar-refractivity contribution in [2.45, 2.75) is 11.4 Å². The second-order valence-electron chi connectivity index (χ2n) is 5.28. The predicted octanol–water partition coefficient (Wildman–Crippen LogP) is 2.98. The zero-order chi connectivity index (χ0) is 16.6. The highest BCUT2D eigenvalue weighted by Gasteiger charge is 2.35. The van der Waals surface area contributed by atoms with Gasteiger partial charge in [-0.05, 0) is 48.0 Å². The Morgan fingerprint density at radius 3 is 2.46 bits per heavy atom. The summed E-state index contributed by atoms with van der Waals surface area (Å²) in [6.07, 6.45) is 6.41. The molecule has 7 heteroatoms. The van der Waals surface area contributed by atoms with E-state index in [2.05, 4.69) is 9.97 Å². The Kier molecular flexibility index (Phi) is 3.42. The molecule has 0 atom stereocenters. The average Bonchev–Trinajstić information content (AvgIpc) is 2.87. The molecule has 24 heavy (non-hydrogen) atoms. The molecule has 1 aromatic carbocycles. The minimum absolute atomic E-state index is 0.258. The Balaban J connectivity index is 1.68. The summed E-state index contributed by atoms with van der Waals surface area (Å²) in [5.41, 5.74) is 1.24. The summed E-state index contributed by atoms with van der Waals surface area (Å²) in [6.45, 7) is 0.258. The van der Waals surface area contributed by atoms with E-state index >= 15 is 0 Å². The molecule has 1 aliphatic rings. The van der Waals surface area contributed by atoms with E-state index < -0.39 is 10.0 Å². The maximum absolute atomic E-state index is 12.7. The zero-order valence-electron chi connectivity index (χ0n) is 12.5. The molecular weight excluding hydrogens is 326 g/mol. The van der Waals surface area contributed by atoms with Crippen LogP contribution in [-0.2, 0) is 16.6 Å². The van der Waals surface area contributed by atoms with Gasteiger partial charge in [0.25, 0.3) is 10.0 Å². The van der Waals surface area contributed by atoms with Gasteiger partial charge in [-0.15, -0.1) is 0 Å². The van der Waals surface area contributed by atoms with E-state index in [4.69, 9.17) is 4.74 Å². The molecular formula is C17H13N3O3S. The topological polar surface area (TPSA) is 72.4 Å². The molecule has 0 saturated carbocycles. The highest BCUT2D eigenvalue weighted by Crippen LogP contribution is 2.36. The minimum atomic E-state index is -3.56. The van der Waals surface area contributed by atoms with Crippen LogP contribution in [0.3, 0.4) is 0 Å². The molecule has 0 bridgehead atoms. The average molecular weight is 339 g/mol. The lowest BCUT2D eigenvalue weighted by molar-refractivity contribution is 0.479. The molecule has 0 aliphatic carbocycles. The molecule has 6 nitrogen and oxygen atoms in total. The SMILES string of the molecule is O=S1(=O)c2ccc(Oc3cccnc3)cc2CN1c1cccnc1. The third-order valence-corrected chi connectivity index (χ3v) is 5.59. The molecule has 0 N–H and O–H groups in total. The Labute approximate surface area is 139 Å². The second-order valence-corrected chi connectivity index (χ2v) is 7.11. The number of hydrogen-bond donors (Lipinski definition) is 0. The first kappa shape index (κ1) is 14.6. The van der Waals surface area contributed by atoms with Crippen molar-refractivity contribution in [2.24, 2.45) is 0 Å². The summed E-state index contributed by atoms with van der Waals surface area (Å²) in [7, 11) is -3.56. The van der Waals surface area contributed by atoms with Crippen molar-refractivity contribution in [1.82, 2.24) is 9.97 Å². The fraction of sp³-hybridized carbons (Fsp3) is 0.0588. The molecule has 0 saturated heterocycles. The summed E-state index contributed by atoms with van der Waals surface area (Å²) in [4.78, 5) is 8.28. The molecule has 0 spiro atoms. The van der Waals surface area contributed by atoms with Gasteiger partial charge in [0, 0.05) is 12.4 Å². The van der Waals surface area contributed by atoms with E-state index in [9.17, 15) is 8.42 Å². The van der Waals surface area contributed by atoms with Crippen LogP contribution in [0.1, 0.15) is 5.56 Å². The van der Waals surface area contributed by atoms with Crippen molar-refractivity contribution in [3.8, 4) is 11.5 Å². The van der Waals surface area contributed by atoms with Crippen LogP contribution in [0.15, 0.2) is 72.1 Å². The van der Waals surface area contributed by atoms with Gasteiger partial charge in [-0.3, -0.25) is 14.3 Å². The zero-order valence-corrected chi connectivity index (χ0v) is 13.3. The van der Waals surface area contributed by atoms with Crippen molar-refractivity contribution < 1.29 is 13.2 Å². The van der Waals surface area contributed by atoms with Crippen LogP contribution in [0.4, 0.5) is 5.69 Å². The second kappa shape index (κ2) is 5.61. The fourth-order valence-corrected chi connectivity index (χ4v) is 4.25. The molecule has 0 amide bonds. The first-order valence-corrected chi connectivity index (χ1v) is 8.72. The summed E-state index contributed by atoms with van der Waals surface area (Å²) in [5.74, 6) is 1.17. The first-order chi connectivity index (χ1) is 11.6. The van der Waals surface area contributed by atoms with Gasteiger partial charge in [-0.25, -0.2) is 8.42 Å². The van der Waals surface area contributed by atoms with E-state index in [1.807, 2.05) is 0 Å². The van der Waals surface area contributed by atoms with E-state index in [0.29, 0.717) is 27.6 Å². The lowest BCUT2D eigenvalue weighted by Gasteiger charge is -2.15. The standard InChI is InChI=1S/C17H13N3O3S/c21-24(22)17-6-5-15(23-16-4-2-8-19-11-16)9-13(17)12-20(24)14-3-1-7-18-10-14/h1-11H,12H2. The van der Waals surface area contributed by atoms with Gasteiger partial charge in [-0.1, -0.05) is 0 Å². The molecule has 120 valence electrons. The Morgan fingerprint density at radius 1 is 0.958 bits per heavy atom. The predicted molar refractivity (Wildman–Crippen MR) is 88.4 cm³/mol. The summed E-state index contributed by atoms with van der Waals surface area (Å²) in [5, 5.41) is 0. The number of aromatic nitrogens is 2. The molecule has 3 heterocycles. The Hall–Kier alpha value is -2.93. The molecule has 0 fully saturated rings. The maximum Gasteiger partial charge on any atom is 0.265 e. The lowest BCUT2D eigenvalue weighted by atomic mass is 10.2. The van der Waals surface area contributed by atoms with Crippen LogP contribution in [0.2, 0.25) is 0 Å².